The van der Waals surface area contributed by atoms with E-state index in [-0.39, 0.29) is 0 Å². The Bertz CT molecular complexity index is 1040. The molecule has 0 saturated carbocycles. The zero-order chi connectivity index (χ0) is 19.6. The number of rotatable bonds is 2. The Morgan fingerprint density at radius 1 is 1.04 bits per heavy atom. The molecule has 0 radical (unpaired) electrons. The number of aromatic nitrogens is 2. The van der Waals surface area contributed by atoms with Crippen LogP contribution >= 0.6 is 0 Å². The van der Waals surface area contributed by atoms with Gasteiger partial charge in [0.05, 0.1) is 24.4 Å². The van der Waals surface area contributed by atoms with E-state index in [0.29, 0.717) is 0 Å². The molecule has 142 valence electrons. The van der Waals surface area contributed by atoms with Gasteiger partial charge in [0.15, 0.2) is 0 Å². The summed E-state index contributed by atoms with van der Waals surface area (Å²) in [6.45, 7) is 10.2. The van der Waals surface area contributed by atoms with Crippen molar-refractivity contribution in [3.8, 4) is 22.7 Å². The molecule has 0 bridgehead atoms. The Balaban J connectivity index is 1.73. The largest absolute Gasteiger partial charge is 0.378 e. The number of pyridine rings is 2. The van der Waals surface area contributed by atoms with Crippen molar-refractivity contribution in [3.05, 3.63) is 54.4 Å². The van der Waals surface area contributed by atoms with Crippen LogP contribution in [0.3, 0.4) is 0 Å². The second-order valence-electron chi connectivity index (χ2n) is 8.07. The van der Waals surface area contributed by atoms with Crippen molar-refractivity contribution in [1.29, 1.82) is 0 Å². The maximum Gasteiger partial charge on any atom is 0.129 e. The first-order valence-electron chi connectivity index (χ1n) is 9.72. The van der Waals surface area contributed by atoms with E-state index in [2.05, 4.69) is 77.4 Å². The Labute approximate surface area is 167 Å². The predicted octanol–water partition coefficient (Wildman–Crippen LogP) is 4.36. The van der Waals surface area contributed by atoms with Crippen molar-refractivity contribution in [1.82, 2.24) is 9.97 Å². The molecule has 4 nitrogen and oxygen atoms in total. The quantitative estimate of drug-likeness (QED) is 0.484. The van der Waals surface area contributed by atoms with E-state index in [1.165, 1.54) is 5.69 Å². The number of morpholine rings is 1. The van der Waals surface area contributed by atoms with Gasteiger partial charge in [0.1, 0.15) is 13.8 Å². The molecule has 0 amide bonds. The lowest BCUT2D eigenvalue weighted by molar-refractivity contribution is 0.122. The topological polar surface area (TPSA) is 38.2 Å². The number of fused-ring (bicyclic) bond motifs is 1. The van der Waals surface area contributed by atoms with Gasteiger partial charge in [0, 0.05) is 35.9 Å². The van der Waals surface area contributed by atoms with E-state index in [4.69, 9.17) is 9.72 Å². The summed E-state index contributed by atoms with van der Waals surface area (Å²) in [4.78, 5) is 11.8. The van der Waals surface area contributed by atoms with Gasteiger partial charge < -0.3 is 9.64 Å². The Morgan fingerprint density at radius 2 is 1.79 bits per heavy atom. The Kier molecular flexibility index (Phi) is 5.16. The fourth-order valence-corrected chi connectivity index (χ4v) is 3.72. The normalized spacial score (nSPS) is 14.6. The van der Waals surface area contributed by atoms with Crippen molar-refractivity contribution in [2.75, 3.05) is 31.2 Å². The van der Waals surface area contributed by atoms with Crippen molar-refractivity contribution in [3.63, 3.8) is 0 Å². The van der Waals surface area contributed by atoms with Gasteiger partial charge in [-0.1, -0.05) is 37.7 Å². The first-order chi connectivity index (χ1) is 13.5. The van der Waals surface area contributed by atoms with E-state index in [1.807, 2.05) is 12.3 Å². The van der Waals surface area contributed by atoms with Crippen LogP contribution in [0.1, 0.15) is 5.69 Å². The summed E-state index contributed by atoms with van der Waals surface area (Å²) in [5.41, 5.74) is 8.42. The molecule has 0 spiro atoms. The van der Waals surface area contributed by atoms with E-state index in [0.717, 1.165) is 54.2 Å². The minimum absolute atomic E-state index is 0.790. The van der Waals surface area contributed by atoms with Gasteiger partial charge in [0.25, 0.3) is 0 Å². The molecule has 3 heterocycles. The monoisotopic (exact) mass is 387 g/mol. The maximum atomic E-state index is 5.45. The first kappa shape index (κ1) is 18.7. The third-order valence-electron chi connectivity index (χ3n) is 4.69. The smallest absolute Gasteiger partial charge is 0.129 e. The fraction of sp³-hybridized carbons (Fsp3) is 0.304. The van der Waals surface area contributed by atoms with Crippen molar-refractivity contribution in [2.45, 2.75) is 19.6 Å². The van der Waals surface area contributed by atoms with Gasteiger partial charge in [-0.25, -0.2) is 4.98 Å². The second kappa shape index (κ2) is 7.74. The van der Waals surface area contributed by atoms with Crippen LogP contribution in [0.2, 0.25) is 19.6 Å². The van der Waals surface area contributed by atoms with Gasteiger partial charge in [-0.05, 0) is 30.3 Å². The zero-order valence-electron chi connectivity index (χ0n) is 16.7. The third kappa shape index (κ3) is 4.24. The number of hydrogen-bond donors (Lipinski definition) is 0. The summed E-state index contributed by atoms with van der Waals surface area (Å²) >= 11 is 0. The molecule has 0 aliphatic carbocycles. The zero-order valence-corrected chi connectivity index (χ0v) is 17.7. The van der Waals surface area contributed by atoms with E-state index in [1.54, 1.807) is 0 Å². The van der Waals surface area contributed by atoms with E-state index in [9.17, 15) is 0 Å². The van der Waals surface area contributed by atoms with Crippen LogP contribution in [0, 0.1) is 11.5 Å². The number of nitrogens with zero attached hydrogens (tertiary/aromatic N) is 3. The fourth-order valence-electron chi connectivity index (χ4n) is 3.23. The second-order valence-corrected chi connectivity index (χ2v) is 12.8. The molecule has 0 N–H and O–H groups in total. The number of hydrogen-bond acceptors (Lipinski definition) is 4. The van der Waals surface area contributed by atoms with E-state index >= 15 is 0 Å². The highest BCUT2D eigenvalue weighted by Gasteiger charge is 2.13. The van der Waals surface area contributed by atoms with Crippen molar-refractivity contribution < 1.29 is 4.74 Å². The minimum Gasteiger partial charge on any atom is -0.378 e. The minimum atomic E-state index is -1.49. The molecule has 5 heteroatoms. The molecule has 1 saturated heterocycles. The Morgan fingerprint density at radius 3 is 2.50 bits per heavy atom. The van der Waals surface area contributed by atoms with Gasteiger partial charge in [-0.2, -0.15) is 0 Å². The SMILES string of the molecule is C[Si](C)(C)C#Cc1nc(-c2ccc(N3CCOCC3)cc2)cc2ncccc12. The number of anilines is 1. The van der Waals surface area contributed by atoms with Crippen LogP contribution < -0.4 is 4.90 Å². The molecular weight excluding hydrogens is 362 g/mol. The van der Waals surface area contributed by atoms with Gasteiger partial charge in [-0.15, -0.1) is 5.54 Å². The van der Waals surface area contributed by atoms with Crippen LogP contribution in [0.5, 0.6) is 0 Å². The van der Waals surface area contributed by atoms with Gasteiger partial charge in [0.2, 0.25) is 0 Å². The summed E-state index contributed by atoms with van der Waals surface area (Å²) in [6.07, 6.45) is 1.82. The average Bonchev–Trinajstić information content (AvgIpc) is 2.72. The van der Waals surface area contributed by atoms with E-state index < -0.39 is 8.07 Å². The molecule has 1 aliphatic heterocycles. The highest BCUT2D eigenvalue weighted by molar-refractivity contribution is 6.83. The van der Waals surface area contributed by atoms with Crippen LogP contribution in [0.4, 0.5) is 5.69 Å². The van der Waals surface area contributed by atoms with Crippen molar-refractivity contribution >= 4 is 24.7 Å². The molecule has 28 heavy (non-hydrogen) atoms. The summed E-state index contributed by atoms with van der Waals surface area (Å²) in [5, 5.41) is 1.02. The highest BCUT2D eigenvalue weighted by Crippen LogP contribution is 2.26. The van der Waals surface area contributed by atoms with Gasteiger partial charge in [-0.3, -0.25) is 4.98 Å². The van der Waals surface area contributed by atoms with Crippen LogP contribution in [0.15, 0.2) is 48.7 Å². The molecular formula is C23H25N3OSi. The number of benzene rings is 1. The number of ether oxygens (including phenoxy) is 1. The highest BCUT2D eigenvalue weighted by atomic mass is 28.3. The molecule has 4 rings (SSSR count). The molecule has 1 fully saturated rings. The maximum absolute atomic E-state index is 5.45. The molecule has 2 aromatic heterocycles. The predicted molar refractivity (Wildman–Crippen MR) is 118 cm³/mol. The van der Waals surface area contributed by atoms with Crippen LogP contribution in [-0.2, 0) is 4.74 Å². The molecule has 1 aliphatic rings. The van der Waals surface area contributed by atoms with Gasteiger partial charge >= 0.3 is 0 Å². The summed E-state index contributed by atoms with van der Waals surface area (Å²) in [6, 6.07) is 14.7. The molecule has 0 atom stereocenters. The van der Waals surface area contributed by atoms with Crippen molar-refractivity contribution in [2.24, 2.45) is 0 Å². The summed E-state index contributed by atoms with van der Waals surface area (Å²) < 4.78 is 5.45. The lowest BCUT2D eigenvalue weighted by Gasteiger charge is -2.28. The lowest BCUT2D eigenvalue weighted by Crippen LogP contribution is -2.36. The Hall–Kier alpha value is -2.68. The molecule has 0 unspecified atom stereocenters. The van der Waals surface area contributed by atoms with Crippen LogP contribution in [0.25, 0.3) is 22.2 Å². The summed E-state index contributed by atoms with van der Waals surface area (Å²) in [5.74, 6) is 3.34. The average molecular weight is 388 g/mol. The third-order valence-corrected chi connectivity index (χ3v) is 5.57. The summed E-state index contributed by atoms with van der Waals surface area (Å²) in [7, 11) is -1.49. The molecule has 1 aromatic carbocycles. The lowest BCUT2D eigenvalue weighted by atomic mass is 10.1. The molecule has 3 aromatic rings. The van der Waals surface area contributed by atoms with Crippen LogP contribution in [-0.4, -0.2) is 44.3 Å². The first-order valence-corrected chi connectivity index (χ1v) is 13.2. The standard InChI is InChI=1S/C23H25N3OSi/c1-28(2,3)16-10-21-20-5-4-11-24-23(20)17-22(25-21)18-6-8-19(9-7-18)26-12-14-27-15-13-26/h4-9,11,17H,12-15H2,1-3H3.